The highest BCUT2D eigenvalue weighted by Gasteiger charge is 2.50. The summed E-state index contributed by atoms with van der Waals surface area (Å²) in [7, 11) is 0. The third-order valence-electron chi connectivity index (χ3n) is 4.69. The second-order valence-corrected chi connectivity index (χ2v) is 5.53. The van der Waals surface area contributed by atoms with Crippen molar-refractivity contribution in [3.8, 4) is 0 Å². The van der Waals surface area contributed by atoms with E-state index in [-0.39, 0.29) is 0 Å². The van der Waals surface area contributed by atoms with Gasteiger partial charge in [-0.3, -0.25) is 0 Å². The maximum absolute atomic E-state index is 10.8. The van der Waals surface area contributed by atoms with Gasteiger partial charge in [0.15, 0.2) is 0 Å². The SMILES string of the molecule is CCC1CCCCC1C(O)(CN)C1CC1. The van der Waals surface area contributed by atoms with E-state index in [9.17, 15) is 5.11 Å². The largest absolute Gasteiger partial charge is 0.388 e. The molecule has 3 unspecified atom stereocenters. The van der Waals surface area contributed by atoms with Crippen molar-refractivity contribution in [2.75, 3.05) is 6.54 Å². The molecular weight excluding hydrogens is 186 g/mol. The molecule has 0 aliphatic heterocycles. The maximum Gasteiger partial charge on any atom is 0.0827 e. The zero-order valence-corrected chi connectivity index (χ0v) is 9.91. The van der Waals surface area contributed by atoms with Gasteiger partial charge in [0.05, 0.1) is 5.60 Å². The van der Waals surface area contributed by atoms with Gasteiger partial charge in [-0.1, -0.05) is 32.6 Å². The zero-order chi connectivity index (χ0) is 10.9. The van der Waals surface area contributed by atoms with Crippen molar-refractivity contribution in [3.05, 3.63) is 0 Å². The van der Waals surface area contributed by atoms with E-state index in [4.69, 9.17) is 5.73 Å². The van der Waals surface area contributed by atoms with Crippen LogP contribution in [0.3, 0.4) is 0 Å². The Kier molecular flexibility index (Phi) is 3.36. The smallest absolute Gasteiger partial charge is 0.0827 e. The van der Waals surface area contributed by atoms with Crippen molar-refractivity contribution in [1.29, 1.82) is 0 Å². The Morgan fingerprint density at radius 3 is 2.40 bits per heavy atom. The van der Waals surface area contributed by atoms with Gasteiger partial charge in [0, 0.05) is 6.54 Å². The molecule has 0 spiro atoms. The second kappa shape index (κ2) is 4.42. The summed E-state index contributed by atoms with van der Waals surface area (Å²) in [5, 5.41) is 10.8. The van der Waals surface area contributed by atoms with E-state index in [1.165, 1.54) is 44.9 Å². The van der Waals surface area contributed by atoms with E-state index in [0.29, 0.717) is 24.3 Å². The van der Waals surface area contributed by atoms with Crippen LogP contribution in [0.4, 0.5) is 0 Å². The van der Waals surface area contributed by atoms with Gasteiger partial charge in [0.1, 0.15) is 0 Å². The molecule has 0 amide bonds. The molecule has 3 atom stereocenters. The molecular formula is C13H25NO. The van der Waals surface area contributed by atoms with Crippen molar-refractivity contribution >= 4 is 0 Å². The minimum absolute atomic E-state index is 0.471. The van der Waals surface area contributed by atoms with Gasteiger partial charge in [0.25, 0.3) is 0 Å². The van der Waals surface area contributed by atoms with Crippen LogP contribution in [0.15, 0.2) is 0 Å². The van der Waals surface area contributed by atoms with Crippen LogP contribution in [0, 0.1) is 17.8 Å². The van der Waals surface area contributed by atoms with E-state index < -0.39 is 5.60 Å². The molecule has 3 N–H and O–H groups in total. The summed E-state index contributed by atoms with van der Waals surface area (Å²) in [6, 6.07) is 0. The molecule has 0 saturated heterocycles. The van der Waals surface area contributed by atoms with Crippen LogP contribution in [0.1, 0.15) is 51.9 Å². The summed E-state index contributed by atoms with van der Waals surface area (Å²) in [6.45, 7) is 2.73. The lowest BCUT2D eigenvalue weighted by atomic mass is 9.67. The van der Waals surface area contributed by atoms with Gasteiger partial charge >= 0.3 is 0 Å². The van der Waals surface area contributed by atoms with Gasteiger partial charge < -0.3 is 10.8 Å². The Morgan fingerprint density at radius 2 is 1.87 bits per heavy atom. The highest BCUT2D eigenvalue weighted by molar-refractivity contribution is 5.02. The first-order chi connectivity index (χ1) is 7.22. The lowest BCUT2D eigenvalue weighted by Crippen LogP contribution is -2.50. The van der Waals surface area contributed by atoms with Crippen LogP contribution in [0.5, 0.6) is 0 Å². The molecule has 2 aliphatic rings. The Labute approximate surface area is 93.2 Å². The molecule has 15 heavy (non-hydrogen) atoms. The van der Waals surface area contributed by atoms with Crippen LogP contribution in [0.25, 0.3) is 0 Å². The second-order valence-electron chi connectivity index (χ2n) is 5.53. The molecule has 0 bridgehead atoms. The minimum Gasteiger partial charge on any atom is -0.388 e. The van der Waals surface area contributed by atoms with Gasteiger partial charge in [0.2, 0.25) is 0 Å². The first-order valence-corrected chi connectivity index (χ1v) is 6.64. The molecule has 2 heteroatoms. The molecule has 2 aliphatic carbocycles. The number of aliphatic hydroxyl groups is 1. The van der Waals surface area contributed by atoms with E-state index in [1.54, 1.807) is 0 Å². The number of hydrogen-bond donors (Lipinski definition) is 2. The standard InChI is InChI=1S/C13H25NO/c1-2-10-5-3-4-6-12(10)13(15,9-14)11-7-8-11/h10-12,15H,2-9,14H2,1H3. The first-order valence-electron chi connectivity index (χ1n) is 6.64. The minimum atomic E-state index is -0.527. The topological polar surface area (TPSA) is 46.2 Å². The molecule has 2 saturated carbocycles. The Bertz CT molecular complexity index is 215. The number of hydrogen-bond acceptors (Lipinski definition) is 2. The Hall–Kier alpha value is -0.0800. The van der Waals surface area contributed by atoms with Crippen molar-refractivity contribution in [2.45, 2.75) is 57.5 Å². The first kappa shape index (κ1) is 11.4. The van der Waals surface area contributed by atoms with Crippen molar-refractivity contribution in [3.63, 3.8) is 0 Å². The fourth-order valence-corrected chi connectivity index (χ4v) is 3.56. The normalized spacial score (nSPS) is 36.2. The summed E-state index contributed by atoms with van der Waals surface area (Å²) in [5.41, 5.74) is 5.32. The molecule has 0 aromatic heterocycles. The summed E-state index contributed by atoms with van der Waals surface area (Å²) < 4.78 is 0. The number of nitrogens with two attached hydrogens (primary N) is 1. The van der Waals surface area contributed by atoms with Crippen LogP contribution >= 0.6 is 0 Å². The average Bonchev–Trinajstić information content (AvgIpc) is 3.12. The molecule has 2 nitrogen and oxygen atoms in total. The lowest BCUT2D eigenvalue weighted by molar-refractivity contribution is -0.0681. The Morgan fingerprint density at radius 1 is 1.20 bits per heavy atom. The quantitative estimate of drug-likeness (QED) is 0.749. The molecule has 0 radical (unpaired) electrons. The van der Waals surface area contributed by atoms with Gasteiger partial charge in [-0.2, -0.15) is 0 Å². The zero-order valence-electron chi connectivity index (χ0n) is 9.91. The highest BCUT2D eigenvalue weighted by Crippen LogP contribution is 2.49. The van der Waals surface area contributed by atoms with E-state index in [2.05, 4.69) is 6.92 Å². The fourth-order valence-electron chi connectivity index (χ4n) is 3.56. The molecule has 0 aromatic rings. The lowest BCUT2D eigenvalue weighted by Gasteiger charge is -2.43. The van der Waals surface area contributed by atoms with Crippen molar-refractivity contribution in [2.24, 2.45) is 23.5 Å². The van der Waals surface area contributed by atoms with Crippen molar-refractivity contribution < 1.29 is 5.11 Å². The van der Waals surface area contributed by atoms with Gasteiger partial charge in [-0.15, -0.1) is 0 Å². The van der Waals surface area contributed by atoms with Crippen LogP contribution in [0.2, 0.25) is 0 Å². The Balaban J connectivity index is 2.10. The molecule has 0 heterocycles. The third kappa shape index (κ3) is 2.07. The van der Waals surface area contributed by atoms with Gasteiger partial charge in [-0.05, 0) is 37.0 Å². The molecule has 88 valence electrons. The van der Waals surface area contributed by atoms with Gasteiger partial charge in [-0.25, -0.2) is 0 Å². The fraction of sp³-hybridized carbons (Fsp3) is 1.00. The van der Waals surface area contributed by atoms with Crippen molar-refractivity contribution in [1.82, 2.24) is 0 Å². The third-order valence-corrected chi connectivity index (χ3v) is 4.69. The van der Waals surface area contributed by atoms with E-state index in [1.807, 2.05) is 0 Å². The summed E-state index contributed by atoms with van der Waals surface area (Å²) in [6.07, 6.45) is 8.73. The van der Waals surface area contributed by atoms with E-state index in [0.717, 1.165) is 0 Å². The predicted molar refractivity (Wildman–Crippen MR) is 62.5 cm³/mol. The summed E-state index contributed by atoms with van der Waals surface area (Å²) >= 11 is 0. The van der Waals surface area contributed by atoms with Crippen LogP contribution in [-0.2, 0) is 0 Å². The molecule has 0 aromatic carbocycles. The maximum atomic E-state index is 10.8. The summed E-state index contributed by atoms with van der Waals surface area (Å²) in [4.78, 5) is 0. The van der Waals surface area contributed by atoms with Crippen LogP contribution < -0.4 is 5.73 Å². The molecule has 2 fully saturated rings. The predicted octanol–water partition coefficient (Wildman–Crippen LogP) is 2.30. The highest BCUT2D eigenvalue weighted by atomic mass is 16.3. The monoisotopic (exact) mass is 211 g/mol. The van der Waals surface area contributed by atoms with Crippen LogP contribution in [-0.4, -0.2) is 17.3 Å². The number of rotatable bonds is 4. The molecule has 2 rings (SSSR count). The van der Waals surface area contributed by atoms with E-state index >= 15 is 0 Å². The summed E-state index contributed by atoms with van der Waals surface area (Å²) in [5.74, 6) is 1.71. The average molecular weight is 211 g/mol.